The summed E-state index contributed by atoms with van der Waals surface area (Å²) in [7, 11) is 0. The summed E-state index contributed by atoms with van der Waals surface area (Å²) in [5, 5.41) is 28.0. The van der Waals surface area contributed by atoms with Crippen LogP contribution >= 0.6 is 34.4 Å². The van der Waals surface area contributed by atoms with Crippen molar-refractivity contribution in [2.75, 3.05) is 17.7 Å². The number of aromatic nitrogens is 3. The number of nitrogens with one attached hydrogen (secondary N) is 2. The molecule has 0 aliphatic heterocycles. The average molecular weight is 641 g/mol. The zero-order valence-electron chi connectivity index (χ0n) is 23.2. The second-order valence-electron chi connectivity index (χ2n) is 9.49. The van der Waals surface area contributed by atoms with E-state index in [-0.39, 0.29) is 36.4 Å². The van der Waals surface area contributed by atoms with Gasteiger partial charge in [-0.05, 0) is 61.7 Å². The Labute approximate surface area is 259 Å². The van der Waals surface area contributed by atoms with E-state index in [0.717, 1.165) is 54.3 Å². The van der Waals surface area contributed by atoms with Gasteiger partial charge in [0.1, 0.15) is 5.00 Å². The monoisotopic (exact) mass is 640 g/mol. The van der Waals surface area contributed by atoms with Crippen molar-refractivity contribution in [3.63, 3.8) is 0 Å². The van der Waals surface area contributed by atoms with Gasteiger partial charge < -0.3 is 15.4 Å². The number of anilines is 1. The second kappa shape index (κ2) is 13.9. The van der Waals surface area contributed by atoms with E-state index in [1.807, 2.05) is 0 Å². The minimum absolute atomic E-state index is 0.0388. The highest BCUT2D eigenvalue weighted by molar-refractivity contribution is 7.99. The topological polar surface area (TPSA) is 158 Å². The summed E-state index contributed by atoms with van der Waals surface area (Å²) in [6.07, 6.45) is 4.74. The van der Waals surface area contributed by atoms with Crippen molar-refractivity contribution >= 4 is 62.9 Å². The average Bonchev–Trinajstić information content (AvgIpc) is 3.71. The summed E-state index contributed by atoms with van der Waals surface area (Å²) in [5.74, 6) is -0.700. The molecule has 5 rings (SSSR count). The Hall–Kier alpha value is -4.08. The highest BCUT2D eigenvalue weighted by Gasteiger charge is 2.27. The number of thiophene rings is 2. The van der Waals surface area contributed by atoms with Gasteiger partial charge in [-0.25, -0.2) is 4.79 Å². The number of nitro groups is 1. The highest BCUT2D eigenvalue weighted by atomic mass is 32.2. The number of benzene rings is 1. The molecule has 0 radical (unpaired) electrons. The van der Waals surface area contributed by atoms with Gasteiger partial charge >= 0.3 is 5.97 Å². The van der Waals surface area contributed by atoms with Gasteiger partial charge in [0.25, 0.3) is 11.6 Å². The first-order chi connectivity index (χ1) is 20.9. The molecular formula is C28H28N6O6S3. The lowest BCUT2D eigenvalue weighted by Crippen LogP contribution is -2.24. The summed E-state index contributed by atoms with van der Waals surface area (Å²) in [6.45, 7) is 2.03. The fourth-order valence-corrected chi connectivity index (χ4v) is 7.39. The molecule has 0 spiro atoms. The number of esters is 1. The van der Waals surface area contributed by atoms with Crippen LogP contribution in [0.2, 0.25) is 0 Å². The van der Waals surface area contributed by atoms with Crippen molar-refractivity contribution in [1.82, 2.24) is 20.1 Å². The molecule has 0 atom stereocenters. The number of fused-ring (bicyclic) bond motifs is 1. The molecule has 0 unspecified atom stereocenters. The quantitative estimate of drug-likeness (QED) is 0.0719. The van der Waals surface area contributed by atoms with Crippen molar-refractivity contribution in [2.45, 2.75) is 50.7 Å². The molecule has 3 aromatic heterocycles. The molecule has 0 saturated carbocycles. The Morgan fingerprint density at radius 2 is 1.91 bits per heavy atom. The molecule has 0 fully saturated rings. The number of thioether (sulfide) groups is 1. The van der Waals surface area contributed by atoms with Gasteiger partial charge in [-0.3, -0.25) is 24.3 Å². The largest absolute Gasteiger partial charge is 0.462 e. The lowest BCUT2D eigenvalue weighted by atomic mass is 10.1. The maximum atomic E-state index is 13.2. The molecule has 0 saturated heterocycles. The number of aryl methyl sites for hydroxylation is 1. The first kappa shape index (κ1) is 30.4. The van der Waals surface area contributed by atoms with E-state index in [4.69, 9.17) is 4.74 Å². The minimum atomic E-state index is -0.493. The van der Waals surface area contributed by atoms with Crippen molar-refractivity contribution < 1.29 is 24.0 Å². The Bertz CT molecular complexity index is 1630. The fraction of sp³-hybridized carbons (Fsp3) is 0.321. The lowest BCUT2D eigenvalue weighted by Gasteiger charge is -2.11. The van der Waals surface area contributed by atoms with Crippen LogP contribution in [-0.4, -0.2) is 49.8 Å². The van der Waals surface area contributed by atoms with Gasteiger partial charge in [-0.2, -0.15) is 0 Å². The predicted octanol–water partition coefficient (Wildman–Crippen LogP) is 5.40. The van der Waals surface area contributed by atoms with Crippen LogP contribution in [0.3, 0.4) is 0 Å². The number of non-ortho nitro benzene ring substituents is 1. The zero-order chi connectivity index (χ0) is 30.3. The van der Waals surface area contributed by atoms with Crippen LogP contribution in [-0.2, 0) is 28.9 Å². The predicted molar refractivity (Wildman–Crippen MR) is 164 cm³/mol. The zero-order valence-corrected chi connectivity index (χ0v) is 25.6. The van der Waals surface area contributed by atoms with Crippen LogP contribution in [0.1, 0.15) is 62.5 Å². The minimum Gasteiger partial charge on any atom is -0.462 e. The van der Waals surface area contributed by atoms with Crippen LogP contribution in [0.25, 0.3) is 5.69 Å². The van der Waals surface area contributed by atoms with Crippen LogP contribution < -0.4 is 10.6 Å². The van der Waals surface area contributed by atoms with E-state index in [2.05, 4.69) is 20.8 Å². The van der Waals surface area contributed by atoms with Gasteiger partial charge in [0, 0.05) is 22.7 Å². The van der Waals surface area contributed by atoms with Crippen molar-refractivity contribution in [3.8, 4) is 5.69 Å². The van der Waals surface area contributed by atoms with Crippen LogP contribution in [0.4, 0.5) is 10.7 Å². The number of hydrogen-bond acceptors (Lipinski definition) is 11. The summed E-state index contributed by atoms with van der Waals surface area (Å²) in [4.78, 5) is 50.9. The smallest absolute Gasteiger partial charge is 0.341 e. The molecule has 12 nitrogen and oxygen atoms in total. The first-order valence-electron chi connectivity index (χ1n) is 13.6. The molecule has 224 valence electrons. The third-order valence-electron chi connectivity index (χ3n) is 6.66. The molecule has 1 aliphatic carbocycles. The van der Waals surface area contributed by atoms with E-state index in [1.165, 1.54) is 34.8 Å². The molecule has 15 heteroatoms. The third-order valence-corrected chi connectivity index (χ3v) is 9.66. The van der Waals surface area contributed by atoms with Crippen LogP contribution in [0, 0.1) is 10.1 Å². The van der Waals surface area contributed by atoms with E-state index in [1.54, 1.807) is 41.1 Å². The van der Waals surface area contributed by atoms with E-state index >= 15 is 0 Å². The SMILES string of the molecule is CCOC(=O)c1c(NC(=O)CSc2nnc(CNC(=O)c3cccs3)n2-c2ccc([N+](=O)[O-])cc2)sc2c1CCCCC2. The van der Waals surface area contributed by atoms with E-state index in [0.29, 0.717) is 32.1 Å². The molecule has 4 aromatic rings. The summed E-state index contributed by atoms with van der Waals surface area (Å²) in [6, 6.07) is 9.33. The second-order valence-corrected chi connectivity index (χ2v) is 12.5. The number of carbonyl (C=O) groups excluding carboxylic acids is 3. The van der Waals surface area contributed by atoms with E-state index in [9.17, 15) is 24.5 Å². The Morgan fingerprint density at radius 1 is 1.12 bits per heavy atom. The first-order valence-corrected chi connectivity index (χ1v) is 16.3. The molecule has 3 heterocycles. The summed E-state index contributed by atoms with van der Waals surface area (Å²) >= 11 is 3.85. The molecule has 1 aliphatic rings. The Morgan fingerprint density at radius 3 is 2.63 bits per heavy atom. The Balaban J connectivity index is 1.35. The van der Waals surface area contributed by atoms with Gasteiger partial charge in [-0.15, -0.1) is 32.9 Å². The van der Waals surface area contributed by atoms with Crippen LogP contribution in [0.5, 0.6) is 0 Å². The van der Waals surface area contributed by atoms with Crippen molar-refractivity contribution in [1.29, 1.82) is 0 Å². The molecule has 2 N–H and O–H groups in total. The van der Waals surface area contributed by atoms with Crippen molar-refractivity contribution in [2.24, 2.45) is 0 Å². The number of amides is 2. The number of carbonyl (C=O) groups is 3. The Kier molecular flexibility index (Phi) is 9.84. The van der Waals surface area contributed by atoms with Crippen molar-refractivity contribution in [3.05, 3.63) is 78.6 Å². The number of nitrogens with zero attached hydrogens (tertiary/aromatic N) is 4. The molecular weight excluding hydrogens is 613 g/mol. The lowest BCUT2D eigenvalue weighted by molar-refractivity contribution is -0.384. The van der Waals surface area contributed by atoms with Gasteiger partial charge in [0.05, 0.1) is 34.3 Å². The maximum absolute atomic E-state index is 13.2. The highest BCUT2D eigenvalue weighted by Crippen LogP contribution is 2.38. The standard InChI is InChI=1S/C28H28N6O6S3/c1-2-40-27(37)24-19-7-4-3-5-8-20(19)43-26(24)30-23(35)16-42-28-32-31-22(15-29-25(36)21-9-6-14-41-21)33(28)17-10-12-18(13-11-17)34(38)39/h6,9-14H,2-5,7-8,15-16H2,1H3,(H,29,36)(H,30,35). The number of hydrogen-bond donors (Lipinski definition) is 2. The van der Waals surface area contributed by atoms with Crippen LogP contribution in [0.15, 0.2) is 46.9 Å². The molecule has 1 aromatic carbocycles. The van der Waals surface area contributed by atoms with Gasteiger partial charge in [-0.1, -0.05) is 24.2 Å². The van der Waals surface area contributed by atoms with E-state index < -0.39 is 10.9 Å². The fourth-order valence-electron chi connectivity index (χ4n) is 4.69. The molecule has 0 bridgehead atoms. The summed E-state index contributed by atoms with van der Waals surface area (Å²) in [5.41, 5.74) is 1.87. The molecule has 43 heavy (non-hydrogen) atoms. The summed E-state index contributed by atoms with van der Waals surface area (Å²) < 4.78 is 6.96. The third kappa shape index (κ3) is 7.12. The number of nitro benzene ring substituents is 1. The van der Waals surface area contributed by atoms with Gasteiger partial charge in [0.15, 0.2) is 11.0 Å². The maximum Gasteiger partial charge on any atom is 0.341 e. The van der Waals surface area contributed by atoms with Gasteiger partial charge in [0.2, 0.25) is 5.91 Å². The normalized spacial score (nSPS) is 12.7. The number of ether oxygens (including phenoxy) is 1. The molecule has 2 amide bonds. The number of rotatable bonds is 11.